The number of aromatic nitrogens is 2. The fourth-order valence-corrected chi connectivity index (χ4v) is 2.67. The maximum absolute atomic E-state index is 11.6. The first-order valence-electron chi connectivity index (χ1n) is 5.19. The number of hydrogen-bond acceptors (Lipinski definition) is 4. The summed E-state index contributed by atoms with van der Waals surface area (Å²) < 4.78 is 25.7. The molecule has 0 aliphatic heterocycles. The summed E-state index contributed by atoms with van der Waals surface area (Å²) in [7, 11) is -3.35. The van der Waals surface area contributed by atoms with Crippen molar-refractivity contribution in [3.63, 3.8) is 0 Å². The Morgan fingerprint density at radius 1 is 1.62 bits per heavy atom. The number of hydrogen-bond donors (Lipinski definition) is 3. The molecular formula is C9H17N3O3S. The number of nitrogens with one attached hydrogen (secondary N) is 2. The van der Waals surface area contributed by atoms with Crippen LogP contribution in [0.3, 0.4) is 0 Å². The SMILES string of the molecule is CCC(NS(=O)(=O)CCCO)c1ncc[nH]1. The Morgan fingerprint density at radius 3 is 2.88 bits per heavy atom. The van der Waals surface area contributed by atoms with Crippen LogP contribution in [-0.2, 0) is 10.0 Å². The largest absolute Gasteiger partial charge is 0.396 e. The highest BCUT2D eigenvalue weighted by atomic mass is 32.2. The molecule has 0 saturated carbocycles. The fraction of sp³-hybridized carbons (Fsp3) is 0.667. The second-order valence-electron chi connectivity index (χ2n) is 3.45. The second-order valence-corrected chi connectivity index (χ2v) is 5.32. The minimum Gasteiger partial charge on any atom is -0.396 e. The van der Waals surface area contributed by atoms with Crippen LogP contribution in [-0.4, -0.2) is 35.9 Å². The van der Waals surface area contributed by atoms with Crippen molar-refractivity contribution in [1.29, 1.82) is 0 Å². The van der Waals surface area contributed by atoms with E-state index in [9.17, 15) is 8.42 Å². The summed E-state index contributed by atoms with van der Waals surface area (Å²) in [6.45, 7) is 1.75. The maximum atomic E-state index is 11.6. The summed E-state index contributed by atoms with van der Waals surface area (Å²) >= 11 is 0. The Morgan fingerprint density at radius 2 is 2.38 bits per heavy atom. The van der Waals surface area contributed by atoms with Gasteiger partial charge in [-0.3, -0.25) is 0 Å². The molecule has 16 heavy (non-hydrogen) atoms. The van der Waals surface area contributed by atoms with Crippen LogP contribution in [0, 0.1) is 0 Å². The van der Waals surface area contributed by atoms with E-state index in [0.29, 0.717) is 12.2 Å². The van der Waals surface area contributed by atoms with Gasteiger partial charge < -0.3 is 10.1 Å². The van der Waals surface area contributed by atoms with Gasteiger partial charge in [0.15, 0.2) is 0 Å². The molecule has 0 spiro atoms. The molecule has 1 aromatic heterocycles. The highest BCUT2D eigenvalue weighted by molar-refractivity contribution is 7.89. The first-order valence-corrected chi connectivity index (χ1v) is 6.84. The number of sulfonamides is 1. The van der Waals surface area contributed by atoms with Crippen LogP contribution in [0.4, 0.5) is 0 Å². The third kappa shape index (κ3) is 3.92. The van der Waals surface area contributed by atoms with Crippen molar-refractivity contribution in [2.24, 2.45) is 0 Å². The third-order valence-corrected chi connectivity index (χ3v) is 3.62. The van der Waals surface area contributed by atoms with Gasteiger partial charge in [-0.05, 0) is 12.8 Å². The first kappa shape index (κ1) is 13.1. The number of rotatable bonds is 7. The monoisotopic (exact) mass is 247 g/mol. The lowest BCUT2D eigenvalue weighted by Gasteiger charge is -2.14. The molecule has 0 radical (unpaired) electrons. The summed E-state index contributed by atoms with van der Waals surface area (Å²) in [5, 5.41) is 8.59. The van der Waals surface area contributed by atoms with E-state index in [4.69, 9.17) is 5.11 Å². The zero-order valence-electron chi connectivity index (χ0n) is 9.18. The first-order chi connectivity index (χ1) is 7.59. The quantitative estimate of drug-likeness (QED) is 0.639. The average molecular weight is 247 g/mol. The van der Waals surface area contributed by atoms with Crippen LogP contribution >= 0.6 is 0 Å². The standard InChI is InChI=1S/C9H17N3O3S/c1-2-8(9-10-4-5-11-9)12-16(14,15)7-3-6-13/h4-5,8,12-13H,2-3,6-7H2,1H3,(H,10,11). The lowest BCUT2D eigenvalue weighted by atomic mass is 10.2. The summed E-state index contributed by atoms with van der Waals surface area (Å²) in [6.07, 6.45) is 4.09. The van der Waals surface area contributed by atoms with E-state index in [1.54, 1.807) is 12.4 Å². The predicted octanol–water partition coefficient (Wildman–Crippen LogP) is 0.163. The van der Waals surface area contributed by atoms with Crippen molar-refractivity contribution in [3.05, 3.63) is 18.2 Å². The van der Waals surface area contributed by atoms with Gasteiger partial charge in [0, 0.05) is 19.0 Å². The molecule has 0 aliphatic carbocycles. The van der Waals surface area contributed by atoms with E-state index in [1.165, 1.54) is 0 Å². The van der Waals surface area contributed by atoms with Gasteiger partial charge in [-0.1, -0.05) is 6.92 Å². The zero-order chi connectivity index (χ0) is 12.0. The molecule has 0 bridgehead atoms. The highest BCUT2D eigenvalue weighted by Gasteiger charge is 2.19. The van der Waals surface area contributed by atoms with Gasteiger partial charge in [0.2, 0.25) is 10.0 Å². The number of aromatic amines is 1. The predicted molar refractivity (Wildman–Crippen MR) is 60.2 cm³/mol. The molecule has 0 amide bonds. The van der Waals surface area contributed by atoms with Crippen LogP contribution in [0.25, 0.3) is 0 Å². The zero-order valence-corrected chi connectivity index (χ0v) is 10.00. The van der Waals surface area contributed by atoms with E-state index in [1.807, 2.05) is 6.92 Å². The normalized spacial score (nSPS) is 13.9. The molecule has 0 fully saturated rings. The van der Waals surface area contributed by atoms with Crippen molar-refractivity contribution in [2.45, 2.75) is 25.8 Å². The van der Waals surface area contributed by atoms with Gasteiger partial charge in [0.05, 0.1) is 11.8 Å². The Bertz CT molecular complexity index is 388. The third-order valence-electron chi connectivity index (χ3n) is 2.15. The molecular weight excluding hydrogens is 230 g/mol. The van der Waals surface area contributed by atoms with E-state index in [2.05, 4.69) is 14.7 Å². The van der Waals surface area contributed by atoms with Crippen molar-refractivity contribution in [1.82, 2.24) is 14.7 Å². The lowest BCUT2D eigenvalue weighted by molar-refractivity contribution is 0.295. The summed E-state index contributed by atoms with van der Waals surface area (Å²) in [5.74, 6) is 0.538. The van der Waals surface area contributed by atoms with Gasteiger partial charge in [0.25, 0.3) is 0 Å². The molecule has 3 N–H and O–H groups in total. The second kappa shape index (κ2) is 5.97. The number of aliphatic hydroxyl groups is 1. The van der Waals surface area contributed by atoms with Gasteiger partial charge in [-0.25, -0.2) is 18.1 Å². The van der Waals surface area contributed by atoms with Crippen molar-refractivity contribution >= 4 is 10.0 Å². The Hall–Kier alpha value is -0.920. The minimum absolute atomic E-state index is 0.0687. The topological polar surface area (TPSA) is 95.1 Å². The van der Waals surface area contributed by atoms with E-state index in [0.717, 1.165) is 0 Å². The van der Waals surface area contributed by atoms with Crippen molar-refractivity contribution < 1.29 is 13.5 Å². The molecule has 1 aromatic rings. The molecule has 1 unspecified atom stereocenters. The number of H-pyrrole nitrogens is 1. The Balaban J connectivity index is 2.63. The van der Waals surface area contributed by atoms with E-state index < -0.39 is 10.0 Å². The van der Waals surface area contributed by atoms with E-state index in [-0.39, 0.29) is 24.8 Å². The average Bonchev–Trinajstić information content (AvgIpc) is 2.76. The molecule has 0 aliphatic rings. The van der Waals surface area contributed by atoms with Gasteiger partial charge in [0.1, 0.15) is 5.82 Å². The highest BCUT2D eigenvalue weighted by Crippen LogP contribution is 2.12. The van der Waals surface area contributed by atoms with Gasteiger partial charge in [-0.15, -0.1) is 0 Å². The van der Waals surface area contributed by atoms with Crippen LogP contribution in [0.2, 0.25) is 0 Å². The smallest absolute Gasteiger partial charge is 0.212 e. The number of nitrogens with zero attached hydrogens (tertiary/aromatic N) is 1. The molecule has 0 aromatic carbocycles. The van der Waals surface area contributed by atoms with Crippen LogP contribution < -0.4 is 4.72 Å². The van der Waals surface area contributed by atoms with Crippen LogP contribution in [0.1, 0.15) is 31.6 Å². The van der Waals surface area contributed by atoms with Crippen molar-refractivity contribution in [3.8, 4) is 0 Å². The Labute approximate surface area is 95.2 Å². The molecule has 1 heterocycles. The number of aliphatic hydroxyl groups excluding tert-OH is 1. The summed E-state index contributed by atoms with van der Waals surface area (Å²) in [6, 6.07) is -0.335. The summed E-state index contributed by atoms with van der Waals surface area (Å²) in [4.78, 5) is 6.90. The minimum atomic E-state index is -3.35. The maximum Gasteiger partial charge on any atom is 0.212 e. The molecule has 0 saturated heterocycles. The van der Waals surface area contributed by atoms with Crippen molar-refractivity contribution in [2.75, 3.05) is 12.4 Å². The number of imidazole rings is 1. The van der Waals surface area contributed by atoms with Crippen LogP contribution in [0.5, 0.6) is 0 Å². The molecule has 7 heteroatoms. The molecule has 1 atom stereocenters. The van der Waals surface area contributed by atoms with Gasteiger partial charge in [-0.2, -0.15) is 0 Å². The fourth-order valence-electron chi connectivity index (χ4n) is 1.33. The molecule has 92 valence electrons. The van der Waals surface area contributed by atoms with Gasteiger partial charge >= 0.3 is 0 Å². The Kier molecular flexibility index (Phi) is 4.91. The molecule has 6 nitrogen and oxygen atoms in total. The molecule has 1 rings (SSSR count). The van der Waals surface area contributed by atoms with Crippen LogP contribution in [0.15, 0.2) is 12.4 Å². The summed E-state index contributed by atoms with van der Waals surface area (Å²) in [5.41, 5.74) is 0. The lowest BCUT2D eigenvalue weighted by Crippen LogP contribution is -2.31. The van der Waals surface area contributed by atoms with E-state index >= 15 is 0 Å².